The number of amides is 2. The summed E-state index contributed by atoms with van der Waals surface area (Å²) in [4.78, 5) is 24.6. The Morgan fingerprint density at radius 2 is 1.80 bits per heavy atom. The predicted octanol–water partition coefficient (Wildman–Crippen LogP) is 5.31. The van der Waals surface area contributed by atoms with Crippen LogP contribution in [0.5, 0.6) is 17.2 Å². The number of allylic oxidation sites excluding steroid dienone is 1. The molecule has 11 nitrogen and oxygen atoms in total. The highest BCUT2D eigenvalue weighted by Gasteiger charge is 2.32. The van der Waals surface area contributed by atoms with E-state index in [9.17, 15) is 14.7 Å². The molecule has 0 saturated heterocycles. The van der Waals surface area contributed by atoms with Crippen molar-refractivity contribution in [3.05, 3.63) is 97.6 Å². The summed E-state index contributed by atoms with van der Waals surface area (Å²) in [7, 11) is 1.28. The van der Waals surface area contributed by atoms with Gasteiger partial charge in [0.25, 0.3) is 0 Å². The normalized spacial score (nSPS) is 15.3. The van der Waals surface area contributed by atoms with E-state index in [0.717, 1.165) is 20.1 Å². The number of urea groups is 1. The van der Waals surface area contributed by atoms with Gasteiger partial charge in [0.15, 0.2) is 17.7 Å². The molecule has 1 aliphatic heterocycles. The number of methoxy groups -OCH3 is 1. The molecule has 0 radical (unpaired) electrons. The third-order valence-corrected chi connectivity index (χ3v) is 7.53. The van der Waals surface area contributed by atoms with E-state index in [2.05, 4.69) is 53.0 Å². The topological polar surface area (TPSA) is 140 Å². The minimum atomic E-state index is -1.14. The summed E-state index contributed by atoms with van der Waals surface area (Å²) >= 11 is 7.09. The molecule has 0 aliphatic carbocycles. The maximum absolute atomic E-state index is 12.4. The first-order valence-corrected chi connectivity index (χ1v) is 15.2. The van der Waals surface area contributed by atoms with Gasteiger partial charge in [-0.25, -0.2) is 9.59 Å². The Morgan fingerprint density at radius 3 is 2.48 bits per heavy atom. The number of hydrazone groups is 1. The first-order chi connectivity index (χ1) is 21.2. The third kappa shape index (κ3) is 8.52. The van der Waals surface area contributed by atoms with E-state index in [1.165, 1.54) is 7.11 Å². The quantitative estimate of drug-likeness (QED) is 0.0803. The number of rotatable bonds is 13. The van der Waals surface area contributed by atoms with Gasteiger partial charge in [-0.05, 0) is 86.7 Å². The number of aliphatic hydroxyl groups excluding tert-OH is 1. The first kappa shape index (κ1) is 32.8. The Kier molecular flexibility index (Phi) is 11.6. The number of esters is 1. The van der Waals surface area contributed by atoms with Crippen LogP contribution in [0.15, 0.2) is 86.0 Å². The Balaban J connectivity index is 1.37. The van der Waals surface area contributed by atoms with Gasteiger partial charge in [0.2, 0.25) is 0 Å². The highest BCUT2D eigenvalue weighted by atomic mass is 79.9. The molecule has 13 heteroatoms. The molecule has 232 valence electrons. The summed E-state index contributed by atoms with van der Waals surface area (Å²) in [6.07, 6.45) is 0.419. The van der Waals surface area contributed by atoms with Gasteiger partial charge in [0.05, 0.1) is 40.5 Å². The van der Waals surface area contributed by atoms with E-state index in [1.807, 2.05) is 49.4 Å². The molecule has 0 fully saturated rings. The molecule has 4 rings (SSSR count). The number of carbonyl (C=O) groups is 2. The van der Waals surface area contributed by atoms with Crippen molar-refractivity contribution in [2.45, 2.75) is 32.7 Å². The average molecular weight is 732 g/mol. The number of ether oxygens (including phenoxy) is 4. The summed E-state index contributed by atoms with van der Waals surface area (Å²) in [5.74, 6) is 0.832. The van der Waals surface area contributed by atoms with Gasteiger partial charge < -0.3 is 34.7 Å². The molecular weight excluding hydrogens is 700 g/mol. The summed E-state index contributed by atoms with van der Waals surface area (Å²) in [5.41, 5.74) is 5.70. The lowest BCUT2D eigenvalue weighted by Crippen LogP contribution is -2.45. The van der Waals surface area contributed by atoms with E-state index in [4.69, 9.17) is 18.9 Å². The molecule has 1 heterocycles. The molecule has 0 bridgehead atoms. The first-order valence-electron chi connectivity index (χ1n) is 13.6. The largest absolute Gasteiger partial charge is 0.490 e. The van der Waals surface area contributed by atoms with Gasteiger partial charge in [0.1, 0.15) is 19.0 Å². The van der Waals surface area contributed by atoms with Crippen LogP contribution < -0.4 is 30.3 Å². The number of halogens is 2. The van der Waals surface area contributed by atoms with E-state index in [0.29, 0.717) is 41.7 Å². The van der Waals surface area contributed by atoms with Gasteiger partial charge in [-0.2, -0.15) is 5.10 Å². The van der Waals surface area contributed by atoms with Crippen LogP contribution >= 0.6 is 31.9 Å². The number of benzene rings is 3. The van der Waals surface area contributed by atoms with Crippen LogP contribution in [0.4, 0.5) is 4.79 Å². The lowest BCUT2D eigenvalue weighted by Gasteiger charge is -2.28. The van der Waals surface area contributed by atoms with Crippen LogP contribution in [-0.2, 0) is 16.1 Å². The third-order valence-electron chi connectivity index (χ3n) is 6.36. The smallest absolute Gasteiger partial charge is 0.337 e. The molecule has 3 aromatic rings. The molecule has 0 saturated carbocycles. The fraction of sp³-hybridized carbons (Fsp3) is 0.258. The minimum Gasteiger partial charge on any atom is -0.490 e. The molecule has 0 aromatic heterocycles. The Labute approximate surface area is 271 Å². The highest BCUT2D eigenvalue weighted by molar-refractivity contribution is 9.11. The lowest BCUT2D eigenvalue weighted by molar-refractivity contribution is -0.136. The standard InChI is InChI=1S/C31H32Br2N4O7/c1-4-42-25-14-21(28-27(30(39)41-3)18(2)35-31(40)36-28)10-11-24(25)43-17-26(38)37-34-15-20-12-22(32)29(23(33)13-20)44-16-19-8-6-5-7-9-19/h5-15,26,28,37-38H,4,16-17H2,1-3H3,(H2,35,36,40)/b34-15-/t26-,28-/m1/s1. The second-order valence-electron chi connectivity index (χ2n) is 9.50. The van der Waals surface area contributed by atoms with E-state index in [-0.39, 0.29) is 12.2 Å². The summed E-state index contributed by atoms with van der Waals surface area (Å²) < 4.78 is 23.9. The zero-order valence-electron chi connectivity index (χ0n) is 24.2. The van der Waals surface area contributed by atoms with Crippen LogP contribution in [0.25, 0.3) is 0 Å². The Hall–Kier alpha value is -4.07. The van der Waals surface area contributed by atoms with Gasteiger partial charge in [-0.3, -0.25) is 5.43 Å². The van der Waals surface area contributed by atoms with Crippen molar-refractivity contribution in [1.82, 2.24) is 16.1 Å². The summed E-state index contributed by atoms with van der Waals surface area (Å²) in [6, 6.07) is 17.4. The number of nitrogens with zero attached hydrogens (tertiary/aromatic N) is 1. The molecule has 0 spiro atoms. The number of nitrogens with one attached hydrogen (secondary N) is 3. The van der Waals surface area contributed by atoms with Crippen LogP contribution in [0.1, 0.15) is 36.6 Å². The molecule has 2 atom stereocenters. The van der Waals surface area contributed by atoms with Crippen molar-refractivity contribution in [3.63, 3.8) is 0 Å². The Bertz CT molecular complexity index is 1530. The number of hydrogen-bond donors (Lipinski definition) is 4. The van der Waals surface area contributed by atoms with Crippen LogP contribution in [-0.4, -0.2) is 49.9 Å². The fourth-order valence-corrected chi connectivity index (χ4v) is 5.79. The van der Waals surface area contributed by atoms with Crippen molar-refractivity contribution in [2.24, 2.45) is 5.10 Å². The Morgan fingerprint density at radius 1 is 1.07 bits per heavy atom. The SMILES string of the molecule is CCOc1cc([C@H]2NC(=O)NC(C)=C2C(=O)OC)ccc1OC[C@@H](O)N/N=C\c1cc(Br)c(OCc2ccccc2)c(Br)c1. The zero-order valence-corrected chi connectivity index (χ0v) is 27.4. The molecule has 4 N–H and O–H groups in total. The lowest BCUT2D eigenvalue weighted by atomic mass is 9.95. The van der Waals surface area contributed by atoms with Crippen molar-refractivity contribution in [3.8, 4) is 17.2 Å². The number of hydrogen-bond acceptors (Lipinski definition) is 9. The van der Waals surface area contributed by atoms with Crippen molar-refractivity contribution < 1.29 is 33.6 Å². The minimum absolute atomic E-state index is 0.146. The van der Waals surface area contributed by atoms with Crippen molar-refractivity contribution in [2.75, 3.05) is 20.3 Å². The second kappa shape index (κ2) is 15.6. The molecule has 0 unspecified atom stereocenters. The van der Waals surface area contributed by atoms with Crippen LogP contribution in [0, 0.1) is 0 Å². The van der Waals surface area contributed by atoms with Crippen molar-refractivity contribution >= 4 is 50.1 Å². The highest BCUT2D eigenvalue weighted by Crippen LogP contribution is 2.36. The van der Waals surface area contributed by atoms with Crippen molar-refractivity contribution in [1.29, 1.82) is 0 Å². The second-order valence-corrected chi connectivity index (χ2v) is 11.2. The zero-order chi connectivity index (χ0) is 31.6. The fourth-order valence-electron chi connectivity index (χ4n) is 4.34. The monoisotopic (exact) mass is 730 g/mol. The summed E-state index contributed by atoms with van der Waals surface area (Å²) in [5, 5.41) is 19.9. The number of aliphatic hydroxyl groups is 1. The molecule has 2 amide bonds. The molecule has 3 aromatic carbocycles. The maximum atomic E-state index is 12.4. The van der Waals surface area contributed by atoms with Gasteiger partial charge in [0, 0.05) is 5.70 Å². The van der Waals surface area contributed by atoms with Crippen LogP contribution in [0.3, 0.4) is 0 Å². The van der Waals surface area contributed by atoms with E-state index in [1.54, 1.807) is 31.3 Å². The molecule has 44 heavy (non-hydrogen) atoms. The maximum Gasteiger partial charge on any atom is 0.337 e. The van der Waals surface area contributed by atoms with Gasteiger partial charge >= 0.3 is 12.0 Å². The molecule has 1 aliphatic rings. The molecular formula is C31H32Br2N4O7. The van der Waals surface area contributed by atoms with E-state index >= 15 is 0 Å². The van der Waals surface area contributed by atoms with Gasteiger partial charge in [-0.1, -0.05) is 36.4 Å². The van der Waals surface area contributed by atoms with E-state index < -0.39 is 24.3 Å². The van der Waals surface area contributed by atoms with Crippen LogP contribution in [0.2, 0.25) is 0 Å². The predicted molar refractivity (Wildman–Crippen MR) is 172 cm³/mol. The number of carbonyl (C=O) groups excluding carboxylic acids is 2. The summed E-state index contributed by atoms with van der Waals surface area (Å²) in [6.45, 7) is 4.06. The average Bonchev–Trinajstić information content (AvgIpc) is 3.00. The van der Waals surface area contributed by atoms with Gasteiger partial charge in [-0.15, -0.1) is 0 Å².